The Bertz CT molecular complexity index is 429. The molecule has 0 radical (unpaired) electrons. The Hall–Kier alpha value is -0.900. The molecule has 3 rings (SSSR count). The Balaban J connectivity index is 1.68. The quantitative estimate of drug-likeness (QED) is 0.742. The molecule has 1 aromatic heterocycles. The van der Waals surface area contributed by atoms with E-state index in [0.29, 0.717) is 5.41 Å². The van der Waals surface area contributed by atoms with E-state index >= 15 is 0 Å². The Kier molecular flexibility index (Phi) is 4.11. The molecule has 0 saturated heterocycles. The molecule has 2 unspecified atom stereocenters. The van der Waals surface area contributed by atoms with Crippen molar-refractivity contribution in [1.82, 2.24) is 20.1 Å². The number of hydrogen-bond donors (Lipinski definition) is 1. The van der Waals surface area contributed by atoms with Gasteiger partial charge in [0.25, 0.3) is 0 Å². The van der Waals surface area contributed by atoms with E-state index in [4.69, 9.17) is 0 Å². The lowest BCUT2D eigenvalue weighted by molar-refractivity contribution is 0.240. The third-order valence-electron chi connectivity index (χ3n) is 5.05. The molecule has 0 aliphatic heterocycles. The fraction of sp³-hybridized carbons (Fsp3) is 0.875. The minimum absolute atomic E-state index is 0.446. The van der Waals surface area contributed by atoms with Crippen molar-refractivity contribution in [3.63, 3.8) is 0 Å². The van der Waals surface area contributed by atoms with Crippen LogP contribution in [-0.4, -0.2) is 27.9 Å². The number of hydrogen-bond acceptors (Lipinski definition) is 3. The molecule has 0 bridgehead atoms. The minimum Gasteiger partial charge on any atom is -0.316 e. The summed E-state index contributed by atoms with van der Waals surface area (Å²) in [4.78, 5) is 4.54. The van der Waals surface area contributed by atoms with Crippen molar-refractivity contribution in [3.05, 3.63) is 12.2 Å². The van der Waals surface area contributed by atoms with Crippen LogP contribution in [0.25, 0.3) is 0 Å². The predicted molar refractivity (Wildman–Crippen MR) is 80.4 cm³/mol. The first kappa shape index (κ1) is 14.1. The number of aromatic nitrogens is 3. The second-order valence-electron chi connectivity index (χ2n) is 6.92. The average Bonchev–Trinajstić information content (AvgIpc) is 2.84. The number of nitrogens with one attached hydrogen (secondary N) is 1. The summed E-state index contributed by atoms with van der Waals surface area (Å²) in [6, 6.07) is 0. The van der Waals surface area contributed by atoms with Crippen molar-refractivity contribution in [2.45, 2.75) is 58.9 Å². The van der Waals surface area contributed by atoms with E-state index in [-0.39, 0.29) is 0 Å². The normalized spacial score (nSPS) is 31.5. The fourth-order valence-electron chi connectivity index (χ4n) is 4.05. The molecule has 1 aromatic rings. The first-order valence-electron chi connectivity index (χ1n) is 8.34. The molecule has 112 valence electrons. The predicted octanol–water partition coefficient (Wildman–Crippen LogP) is 2.65. The smallest absolute Gasteiger partial charge is 0.138 e. The highest BCUT2D eigenvalue weighted by Crippen LogP contribution is 2.60. The Morgan fingerprint density at radius 1 is 1.30 bits per heavy atom. The molecule has 4 nitrogen and oxygen atoms in total. The number of aryl methyl sites for hydroxylation is 1. The van der Waals surface area contributed by atoms with Crippen LogP contribution in [0.2, 0.25) is 0 Å². The lowest BCUT2D eigenvalue weighted by Crippen LogP contribution is -2.36. The van der Waals surface area contributed by atoms with Crippen LogP contribution >= 0.6 is 0 Å². The van der Waals surface area contributed by atoms with Crippen molar-refractivity contribution in [3.8, 4) is 0 Å². The summed E-state index contributed by atoms with van der Waals surface area (Å²) < 4.78 is 2.12. The van der Waals surface area contributed by atoms with Crippen molar-refractivity contribution >= 4 is 0 Å². The molecule has 2 aliphatic rings. The zero-order valence-corrected chi connectivity index (χ0v) is 12.9. The van der Waals surface area contributed by atoms with Crippen LogP contribution in [0.15, 0.2) is 6.33 Å². The topological polar surface area (TPSA) is 42.7 Å². The zero-order valence-electron chi connectivity index (χ0n) is 12.9. The van der Waals surface area contributed by atoms with Crippen LogP contribution in [0, 0.1) is 17.3 Å². The zero-order chi connectivity index (χ0) is 14.0. The maximum Gasteiger partial charge on any atom is 0.138 e. The first-order valence-corrected chi connectivity index (χ1v) is 8.34. The second kappa shape index (κ2) is 5.84. The highest BCUT2D eigenvalue weighted by atomic mass is 15.3. The van der Waals surface area contributed by atoms with Gasteiger partial charge in [0.2, 0.25) is 0 Å². The Morgan fingerprint density at radius 3 is 2.80 bits per heavy atom. The van der Waals surface area contributed by atoms with E-state index in [9.17, 15) is 0 Å². The largest absolute Gasteiger partial charge is 0.316 e. The lowest BCUT2D eigenvalue weighted by Gasteiger charge is -2.31. The van der Waals surface area contributed by atoms with Gasteiger partial charge in [0.1, 0.15) is 12.2 Å². The van der Waals surface area contributed by atoms with E-state index in [1.165, 1.54) is 31.5 Å². The van der Waals surface area contributed by atoms with Gasteiger partial charge in [-0.3, -0.25) is 4.68 Å². The molecule has 20 heavy (non-hydrogen) atoms. The second-order valence-corrected chi connectivity index (χ2v) is 6.92. The van der Waals surface area contributed by atoms with Gasteiger partial charge >= 0.3 is 0 Å². The van der Waals surface area contributed by atoms with Gasteiger partial charge in [0.05, 0.1) is 0 Å². The van der Waals surface area contributed by atoms with Crippen molar-refractivity contribution in [2.24, 2.45) is 17.3 Å². The summed E-state index contributed by atoms with van der Waals surface area (Å²) in [6.07, 6.45) is 9.46. The Labute approximate surface area is 122 Å². The summed E-state index contributed by atoms with van der Waals surface area (Å²) >= 11 is 0. The minimum atomic E-state index is 0.446. The molecule has 1 N–H and O–H groups in total. The van der Waals surface area contributed by atoms with Gasteiger partial charge in [-0.15, -0.1) is 0 Å². The monoisotopic (exact) mass is 276 g/mol. The van der Waals surface area contributed by atoms with E-state index in [0.717, 1.165) is 44.3 Å². The van der Waals surface area contributed by atoms with Crippen LogP contribution in [0.4, 0.5) is 0 Å². The molecule has 2 fully saturated rings. The molecular weight excluding hydrogens is 248 g/mol. The molecule has 2 aliphatic carbocycles. The van der Waals surface area contributed by atoms with Crippen molar-refractivity contribution in [2.75, 3.05) is 13.1 Å². The average molecular weight is 276 g/mol. The van der Waals surface area contributed by atoms with Crippen LogP contribution in [0.1, 0.15) is 51.8 Å². The van der Waals surface area contributed by atoms with Gasteiger partial charge in [-0.25, -0.2) is 4.98 Å². The maximum atomic E-state index is 4.54. The molecule has 0 spiro atoms. The van der Waals surface area contributed by atoms with Crippen LogP contribution < -0.4 is 5.32 Å². The van der Waals surface area contributed by atoms with E-state index < -0.39 is 0 Å². The van der Waals surface area contributed by atoms with E-state index in [1.807, 2.05) is 0 Å². The van der Waals surface area contributed by atoms with Crippen molar-refractivity contribution in [1.29, 1.82) is 0 Å². The van der Waals surface area contributed by atoms with E-state index in [1.54, 1.807) is 6.33 Å². The standard InChI is InChI=1S/C16H28N4/c1-3-5-17-11-16(8-13-7-14(13)9-16)10-15-18-12-19-20(15)6-4-2/h12-14,17H,3-11H2,1-2H3. The third-order valence-corrected chi connectivity index (χ3v) is 5.05. The highest BCUT2D eigenvalue weighted by Gasteiger charge is 2.53. The lowest BCUT2D eigenvalue weighted by atomic mass is 9.79. The molecule has 1 heterocycles. The van der Waals surface area contributed by atoms with Gasteiger partial charge < -0.3 is 5.32 Å². The number of rotatable bonds is 8. The molecule has 2 atom stereocenters. The summed E-state index contributed by atoms with van der Waals surface area (Å²) in [6.45, 7) is 7.74. The summed E-state index contributed by atoms with van der Waals surface area (Å²) in [5, 5.41) is 8.06. The van der Waals surface area contributed by atoms with Gasteiger partial charge in [-0.05, 0) is 55.9 Å². The SMILES string of the molecule is CCCNCC1(Cc2ncnn2CCC)CC2CC2C1. The molecule has 4 heteroatoms. The maximum absolute atomic E-state index is 4.54. The van der Waals surface area contributed by atoms with Gasteiger partial charge in [-0.2, -0.15) is 5.10 Å². The Morgan fingerprint density at radius 2 is 2.10 bits per heavy atom. The highest BCUT2D eigenvalue weighted by molar-refractivity contribution is 5.08. The number of fused-ring (bicyclic) bond motifs is 1. The number of nitrogens with zero attached hydrogens (tertiary/aromatic N) is 3. The molecule has 0 aromatic carbocycles. The van der Waals surface area contributed by atoms with E-state index in [2.05, 4.69) is 33.9 Å². The first-order chi connectivity index (χ1) is 9.76. The third kappa shape index (κ3) is 2.90. The summed E-state index contributed by atoms with van der Waals surface area (Å²) in [5.74, 6) is 3.23. The van der Waals surface area contributed by atoms with Gasteiger partial charge in [0, 0.05) is 19.5 Å². The van der Waals surface area contributed by atoms with Crippen LogP contribution in [0.5, 0.6) is 0 Å². The fourth-order valence-corrected chi connectivity index (χ4v) is 4.05. The summed E-state index contributed by atoms with van der Waals surface area (Å²) in [7, 11) is 0. The molecular formula is C16H28N4. The molecule has 0 amide bonds. The van der Waals surface area contributed by atoms with Crippen LogP contribution in [-0.2, 0) is 13.0 Å². The van der Waals surface area contributed by atoms with Gasteiger partial charge in [-0.1, -0.05) is 13.8 Å². The van der Waals surface area contributed by atoms with Gasteiger partial charge in [0.15, 0.2) is 0 Å². The van der Waals surface area contributed by atoms with Crippen LogP contribution in [0.3, 0.4) is 0 Å². The summed E-state index contributed by atoms with van der Waals surface area (Å²) in [5.41, 5.74) is 0.446. The van der Waals surface area contributed by atoms with Crippen molar-refractivity contribution < 1.29 is 0 Å². The molecule has 2 saturated carbocycles.